The van der Waals surface area contributed by atoms with Crippen molar-refractivity contribution in [2.45, 2.75) is 20.8 Å². The van der Waals surface area contributed by atoms with Crippen LogP contribution in [0.15, 0.2) is 54.2 Å². The Hall–Kier alpha value is -3.46. The Kier molecular flexibility index (Phi) is 7.46. The van der Waals surface area contributed by atoms with Crippen LogP contribution in [0, 0.1) is 18.3 Å². The normalized spacial score (nSPS) is 10.8. The van der Waals surface area contributed by atoms with Crippen LogP contribution in [-0.2, 0) is 4.79 Å². The Balaban J connectivity index is 2.15. The third-order valence-corrected chi connectivity index (χ3v) is 4.43. The van der Waals surface area contributed by atoms with Crippen molar-refractivity contribution in [3.05, 3.63) is 59.8 Å². The molecular formula is C22H26N4O2. The molecule has 2 rings (SSSR count). The molecule has 0 radical (unpaired) electrons. The topological polar surface area (TPSA) is 77.4 Å². The first-order valence-electron chi connectivity index (χ1n) is 9.20. The van der Waals surface area contributed by atoms with Gasteiger partial charge >= 0.3 is 0 Å². The zero-order valence-corrected chi connectivity index (χ0v) is 16.7. The van der Waals surface area contributed by atoms with Gasteiger partial charge in [0.2, 0.25) is 0 Å². The van der Waals surface area contributed by atoms with Gasteiger partial charge in [-0.2, -0.15) is 5.26 Å². The molecule has 0 aliphatic heterocycles. The van der Waals surface area contributed by atoms with E-state index in [-0.39, 0.29) is 5.57 Å². The summed E-state index contributed by atoms with van der Waals surface area (Å²) in [5.41, 5.74) is 3.50. The van der Waals surface area contributed by atoms with Crippen LogP contribution in [0.2, 0.25) is 0 Å². The Bertz CT molecular complexity index is 896. The van der Waals surface area contributed by atoms with E-state index in [1.165, 1.54) is 13.3 Å². The molecule has 0 spiro atoms. The Morgan fingerprint density at radius 1 is 1.18 bits per heavy atom. The number of aryl methyl sites for hydroxylation is 1. The number of hydrogen-bond donors (Lipinski definition) is 2. The van der Waals surface area contributed by atoms with E-state index < -0.39 is 5.91 Å². The maximum atomic E-state index is 12.4. The molecule has 0 atom stereocenters. The highest BCUT2D eigenvalue weighted by Crippen LogP contribution is 2.24. The maximum absolute atomic E-state index is 12.4. The first kappa shape index (κ1) is 20.8. The standard InChI is InChI=1S/C22H26N4O2/c1-5-26(6-2)18-11-12-19(16(3)13-18)24-15-17(14-23)22(27)25-20-9-7-8-10-21(20)28-4/h7-13,15,24H,5-6H2,1-4H3,(H,25,27)/b17-15-. The molecule has 0 saturated heterocycles. The van der Waals surface area contributed by atoms with Crippen LogP contribution < -0.4 is 20.3 Å². The summed E-state index contributed by atoms with van der Waals surface area (Å²) in [5, 5.41) is 15.1. The Morgan fingerprint density at radius 2 is 1.89 bits per heavy atom. The number of nitrogens with one attached hydrogen (secondary N) is 2. The molecule has 0 heterocycles. The van der Waals surface area contributed by atoms with Crippen molar-refractivity contribution in [2.24, 2.45) is 0 Å². The van der Waals surface area contributed by atoms with Crippen molar-refractivity contribution in [1.82, 2.24) is 0 Å². The van der Waals surface area contributed by atoms with Gasteiger partial charge in [0.25, 0.3) is 5.91 Å². The highest BCUT2D eigenvalue weighted by molar-refractivity contribution is 6.07. The number of rotatable bonds is 8. The van der Waals surface area contributed by atoms with Gasteiger partial charge in [-0.25, -0.2) is 0 Å². The zero-order valence-electron chi connectivity index (χ0n) is 16.7. The molecule has 2 aromatic rings. The monoisotopic (exact) mass is 378 g/mol. The van der Waals surface area contributed by atoms with Gasteiger partial charge in [-0.05, 0) is 56.7 Å². The summed E-state index contributed by atoms with van der Waals surface area (Å²) in [4.78, 5) is 14.7. The lowest BCUT2D eigenvalue weighted by Gasteiger charge is -2.22. The summed E-state index contributed by atoms with van der Waals surface area (Å²) in [6.07, 6.45) is 1.42. The predicted octanol–water partition coefficient (Wildman–Crippen LogP) is 4.31. The minimum Gasteiger partial charge on any atom is -0.495 e. The molecule has 2 N–H and O–H groups in total. The van der Waals surface area contributed by atoms with E-state index in [0.29, 0.717) is 11.4 Å². The van der Waals surface area contributed by atoms with E-state index in [1.807, 2.05) is 31.2 Å². The van der Waals surface area contributed by atoms with Gasteiger partial charge in [-0.15, -0.1) is 0 Å². The summed E-state index contributed by atoms with van der Waals surface area (Å²) in [6, 6.07) is 15.0. The third-order valence-electron chi connectivity index (χ3n) is 4.43. The first-order valence-corrected chi connectivity index (χ1v) is 9.20. The van der Waals surface area contributed by atoms with Crippen molar-refractivity contribution < 1.29 is 9.53 Å². The average molecular weight is 378 g/mol. The molecule has 6 nitrogen and oxygen atoms in total. The number of para-hydroxylation sites is 2. The first-order chi connectivity index (χ1) is 13.5. The number of ether oxygens (including phenoxy) is 1. The molecule has 0 aliphatic rings. The van der Waals surface area contributed by atoms with Gasteiger partial charge in [0.15, 0.2) is 0 Å². The van der Waals surface area contributed by atoms with Crippen molar-refractivity contribution in [2.75, 3.05) is 35.7 Å². The molecule has 0 bridgehead atoms. The molecule has 28 heavy (non-hydrogen) atoms. The van der Waals surface area contributed by atoms with Crippen LogP contribution in [0.1, 0.15) is 19.4 Å². The largest absolute Gasteiger partial charge is 0.495 e. The maximum Gasteiger partial charge on any atom is 0.267 e. The number of benzene rings is 2. The summed E-state index contributed by atoms with van der Waals surface area (Å²) >= 11 is 0. The number of hydrogen-bond acceptors (Lipinski definition) is 5. The highest BCUT2D eigenvalue weighted by Gasteiger charge is 2.12. The van der Waals surface area contributed by atoms with Gasteiger partial charge in [-0.3, -0.25) is 4.79 Å². The second-order valence-corrected chi connectivity index (χ2v) is 6.14. The molecule has 0 fully saturated rings. The van der Waals surface area contributed by atoms with Crippen LogP contribution >= 0.6 is 0 Å². The fraction of sp³-hybridized carbons (Fsp3) is 0.273. The van der Waals surface area contributed by atoms with Crippen molar-refractivity contribution in [3.8, 4) is 11.8 Å². The minimum atomic E-state index is -0.503. The lowest BCUT2D eigenvalue weighted by molar-refractivity contribution is -0.112. The fourth-order valence-electron chi connectivity index (χ4n) is 2.83. The number of nitriles is 1. The smallest absolute Gasteiger partial charge is 0.267 e. The number of amides is 1. The number of nitrogens with zero attached hydrogens (tertiary/aromatic N) is 2. The van der Waals surface area contributed by atoms with Gasteiger partial charge in [0.05, 0.1) is 12.8 Å². The molecule has 0 aromatic heterocycles. The van der Waals surface area contributed by atoms with E-state index in [2.05, 4.69) is 35.4 Å². The SMILES string of the molecule is CCN(CC)c1ccc(N/C=C(/C#N)C(=O)Nc2ccccc2OC)c(C)c1. The second kappa shape index (κ2) is 10.0. The van der Waals surface area contributed by atoms with Gasteiger partial charge < -0.3 is 20.3 Å². The quantitative estimate of drug-likeness (QED) is 0.529. The molecule has 0 aliphatic carbocycles. The summed E-state index contributed by atoms with van der Waals surface area (Å²) in [5.74, 6) is 0.0286. The number of carbonyl (C=O) groups is 1. The van der Waals surface area contributed by atoms with Gasteiger partial charge in [0, 0.05) is 30.7 Å². The van der Waals surface area contributed by atoms with Crippen LogP contribution in [0.25, 0.3) is 0 Å². The van der Waals surface area contributed by atoms with E-state index >= 15 is 0 Å². The molecule has 0 unspecified atom stereocenters. The van der Waals surface area contributed by atoms with Crippen molar-refractivity contribution >= 4 is 23.0 Å². The van der Waals surface area contributed by atoms with Crippen molar-refractivity contribution in [1.29, 1.82) is 5.26 Å². The van der Waals surface area contributed by atoms with Crippen LogP contribution in [0.4, 0.5) is 17.1 Å². The minimum absolute atomic E-state index is 0.0295. The van der Waals surface area contributed by atoms with Gasteiger partial charge in [0.1, 0.15) is 17.4 Å². The van der Waals surface area contributed by atoms with E-state index in [1.54, 1.807) is 18.2 Å². The molecule has 146 valence electrons. The van der Waals surface area contributed by atoms with E-state index in [9.17, 15) is 10.1 Å². The van der Waals surface area contributed by atoms with Crippen LogP contribution in [0.3, 0.4) is 0 Å². The van der Waals surface area contributed by atoms with Gasteiger partial charge in [-0.1, -0.05) is 12.1 Å². The van der Waals surface area contributed by atoms with Crippen LogP contribution in [-0.4, -0.2) is 26.1 Å². The second-order valence-electron chi connectivity index (χ2n) is 6.14. The molecular weight excluding hydrogens is 352 g/mol. The Morgan fingerprint density at radius 3 is 2.50 bits per heavy atom. The average Bonchev–Trinajstić information content (AvgIpc) is 2.71. The molecule has 2 aromatic carbocycles. The fourth-order valence-corrected chi connectivity index (χ4v) is 2.83. The number of anilines is 3. The van der Waals surface area contributed by atoms with E-state index in [0.717, 1.165) is 30.0 Å². The summed E-state index contributed by atoms with van der Waals surface area (Å²) < 4.78 is 5.22. The Labute approximate surface area is 166 Å². The molecule has 1 amide bonds. The zero-order chi connectivity index (χ0) is 20.5. The number of carbonyl (C=O) groups excluding carboxylic acids is 1. The molecule has 6 heteroatoms. The third kappa shape index (κ3) is 5.04. The van der Waals surface area contributed by atoms with Crippen molar-refractivity contribution in [3.63, 3.8) is 0 Å². The highest BCUT2D eigenvalue weighted by atomic mass is 16.5. The summed E-state index contributed by atoms with van der Waals surface area (Å²) in [6.45, 7) is 8.10. The summed E-state index contributed by atoms with van der Waals surface area (Å²) in [7, 11) is 1.53. The lowest BCUT2D eigenvalue weighted by Crippen LogP contribution is -2.21. The lowest BCUT2D eigenvalue weighted by atomic mass is 10.1. The predicted molar refractivity (Wildman–Crippen MR) is 114 cm³/mol. The van der Waals surface area contributed by atoms with Crippen LogP contribution in [0.5, 0.6) is 5.75 Å². The molecule has 0 saturated carbocycles. The van der Waals surface area contributed by atoms with E-state index in [4.69, 9.17) is 4.74 Å². The number of methoxy groups -OCH3 is 1.